The summed E-state index contributed by atoms with van der Waals surface area (Å²) in [4.78, 5) is 17.1. The van der Waals surface area contributed by atoms with Crippen molar-refractivity contribution in [3.63, 3.8) is 0 Å². The van der Waals surface area contributed by atoms with Crippen LogP contribution < -0.4 is 0 Å². The number of fused-ring (bicyclic) bond motifs is 1. The van der Waals surface area contributed by atoms with Crippen molar-refractivity contribution in [3.8, 4) is 0 Å². The van der Waals surface area contributed by atoms with E-state index in [1.807, 2.05) is 4.90 Å². The van der Waals surface area contributed by atoms with Gasteiger partial charge in [0.1, 0.15) is 0 Å². The first-order valence-electron chi connectivity index (χ1n) is 8.39. The standard InChI is InChI=1S/C16H16F3N3O4S/c17-16(18,19)11-7-10-9-20-14(27-13(10)12(8-11)22(23)24)21-3-1-15(2-4-21)25-5-6-26-15/h7-9,14H,1-6H2. The van der Waals surface area contributed by atoms with Crippen LogP contribution in [0.1, 0.15) is 24.0 Å². The van der Waals surface area contributed by atoms with E-state index in [1.54, 1.807) is 0 Å². The Balaban J connectivity index is 1.56. The Bertz CT molecular complexity index is 786. The SMILES string of the molecule is O=[N+]([O-])c1cc(C(F)(F)F)cc2c1SC(N1CCC3(CC1)OCCO3)N=C2. The number of halogens is 3. The quantitative estimate of drug-likeness (QED) is 0.557. The van der Waals surface area contributed by atoms with E-state index in [0.717, 1.165) is 17.8 Å². The van der Waals surface area contributed by atoms with Crippen molar-refractivity contribution in [1.29, 1.82) is 0 Å². The summed E-state index contributed by atoms with van der Waals surface area (Å²) in [6, 6.07) is 1.49. The van der Waals surface area contributed by atoms with Gasteiger partial charge in [0.2, 0.25) is 0 Å². The van der Waals surface area contributed by atoms with Crippen LogP contribution in [-0.2, 0) is 15.7 Å². The molecule has 2 fully saturated rings. The van der Waals surface area contributed by atoms with Crippen LogP contribution in [0.15, 0.2) is 22.0 Å². The number of hydrogen-bond donors (Lipinski definition) is 0. The highest BCUT2D eigenvalue weighted by Crippen LogP contribution is 2.44. The average Bonchev–Trinajstić information content (AvgIpc) is 3.08. The fraction of sp³-hybridized carbons (Fsp3) is 0.562. The summed E-state index contributed by atoms with van der Waals surface area (Å²) in [7, 11) is 0. The highest BCUT2D eigenvalue weighted by Gasteiger charge is 2.42. The van der Waals surface area contributed by atoms with Gasteiger partial charge in [-0.3, -0.25) is 20.0 Å². The van der Waals surface area contributed by atoms with Crippen LogP contribution in [0.3, 0.4) is 0 Å². The van der Waals surface area contributed by atoms with Crippen LogP contribution in [0.25, 0.3) is 0 Å². The number of benzene rings is 1. The van der Waals surface area contributed by atoms with Gasteiger partial charge in [0, 0.05) is 43.8 Å². The van der Waals surface area contributed by atoms with Crippen molar-refractivity contribution in [1.82, 2.24) is 4.90 Å². The molecule has 0 aromatic heterocycles. The van der Waals surface area contributed by atoms with E-state index in [-0.39, 0.29) is 10.5 Å². The van der Waals surface area contributed by atoms with E-state index in [9.17, 15) is 23.3 Å². The number of nitro benzene ring substituents is 1. The lowest BCUT2D eigenvalue weighted by Crippen LogP contribution is -2.47. The minimum Gasteiger partial charge on any atom is -0.347 e. The molecular formula is C16H16F3N3O4S. The first-order valence-corrected chi connectivity index (χ1v) is 9.27. The van der Waals surface area contributed by atoms with Crippen molar-refractivity contribution >= 4 is 23.7 Å². The van der Waals surface area contributed by atoms with Gasteiger partial charge in [-0.25, -0.2) is 0 Å². The average molecular weight is 403 g/mol. The van der Waals surface area contributed by atoms with Crippen molar-refractivity contribution in [3.05, 3.63) is 33.4 Å². The zero-order valence-corrected chi connectivity index (χ0v) is 14.9. The molecule has 1 unspecified atom stereocenters. The van der Waals surface area contributed by atoms with Gasteiger partial charge in [0.15, 0.2) is 11.3 Å². The summed E-state index contributed by atoms with van der Waals surface area (Å²) in [5.74, 6) is -0.551. The largest absolute Gasteiger partial charge is 0.416 e. The Kier molecular flexibility index (Phi) is 4.65. The number of nitro groups is 1. The maximum atomic E-state index is 13.0. The van der Waals surface area contributed by atoms with Crippen molar-refractivity contribution < 1.29 is 27.6 Å². The van der Waals surface area contributed by atoms with E-state index < -0.39 is 33.6 Å². The molecular weight excluding hydrogens is 387 g/mol. The molecule has 0 aliphatic carbocycles. The topological polar surface area (TPSA) is 77.2 Å². The van der Waals surface area contributed by atoms with Gasteiger partial charge in [0.05, 0.1) is 28.6 Å². The maximum absolute atomic E-state index is 13.0. The zero-order valence-electron chi connectivity index (χ0n) is 14.1. The van der Waals surface area contributed by atoms with E-state index in [1.165, 1.54) is 6.21 Å². The summed E-state index contributed by atoms with van der Waals surface area (Å²) < 4.78 is 50.4. The molecule has 0 saturated carbocycles. The number of hydrogen-bond acceptors (Lipinski definition) is 7. The lowest BCUT2D eigenvalue weighted by molar-refractivity contribution is -0.388. The lowest BCUT2D eigenvalue weighted by atomic mass is 10.0. The molecule has 0 amide bonds. The molecule has 3 heterocycles. The minimum atomic E-state index is -4.66. The predicted molar refractivity (Wildman–Crippen MR) is 90.8 cm³/mol. The van der Waals surface area contributed by atoms with Crippen LogP contribution in [0.4, 0.5) is 18.9 Å². The number of piperidine rings is 1. The Hall–Kier alpha value is -1.69. The molecule has 11 heteroatoms. The Morgan fingerprint density at radius 3 is 2.52 bits per heavy atom. The molecule has 1 spiro atoms. The van der Waals surface area contributed by atoms with E-state index in [4.69, 9.17) is 9.47 Å². The summed E-state index contributed by atoms with van der Waals surface area (Å²) in [6.45, 7) is 2.38. The second kappa shape index (κ2) is 6.73. The molecule has 0 radical (unpaired) electrons. The Morgan fingerprint density at radius 2 is 1.93 bits per heavy atom. The summed E-state index contributed by atoms with van der Waals surface area (Å²) >= 11 is 1.11. The van der Waals surface area contributed by atoms with Crippen LogP contribution in [0.5, 0.6) is 0 Å². The Labute approximate surface area is 156 Å². The molecule has 4 rings (SSSR count). The zero-order chi connectivity index (χ0) is 19.2. The van der Waals surface area contributed by atoms with Crippen molar-refractivity contribution in [2.75, 3.05) is 26.3 Å². The van der Waals surface area contributed by atoms with Crippen molar-refractivity contribution in [2.24, 2.45) is 4.99 Å². The fourth-order valence-corrected chi connectivity index (χ4v) is 4.67. The summed E-state index contributed by atoms with van der Waals surface area (Å²) in [6.07, 6.45) is -2.05. The maximum Gasteiger partial charge on any atom is 0.416 e. The molecule has 3 aliphatic rings. The molecule has 0 bridgehead atoms. The van der Waals surface area contributed by atoms with Gasteiger partial charge in [-0.15, -0.1) is 0 Å². The molecule has 1 atom stereocenters. The number of alkyl halides is 3. The van der Waals surface area contributed by atoms with Crippen molar-refractivity contribution in [2.45, 2.75) is 35.2 Å². The number of nitrogens with zero attached hydrogens (tertiary/aromatic N) is 3. The second-order valence-electron chi connectivity index (χ2n) is 6.53. The fourth-order valence-electron chi connectivity index (χ4n) is 3.48. The van der Waals surface area contributed by atoms with Gasteiger partial charge in [-0.2, -0.15) is 13.2 Å². The third-order valence-corrected chi connectivity index (χ3v) is 6.18. The molecule has 27 heavy (non-hydrogen) atoms. The molecule has 7 nitrogen and oxygen atoms in total. The van der Waals surface area contributed by atoms with Gasteiger partial charge < -0.3 is 9.47 Å². The number of aliphatic imine (C=N–C) groups is 1. The smallest absolute Gasteiger partial charge is 0.347 e. The number of likely N-dealkylation sites (tertiary alicyclic amines) is 1. The number of rotatable bonds is 2. The Morgan fingerprint density at radius 1 is 1.26 bits per heavy atom. The second-order valence-corrected chi connectivity index (χ2v) is 7.60. The molecule has 146 valence electrons. The third kappa shape index (κ3) is 3.56. The molecule has 1 aromatic rings. The monoisotopic (exact) mass is 403 g/mol. The molecule has 0 N–H and O–H groups in total. The summed E-state index contributed by atoms with van der Waals surface area (Å²) in [5.41, 5.74) is -1.90. The van der Waals surface area contributed by atoms with Gasteiger partial charge in [0.25, 0.3) is 5.69 Å². The molecule has 1 aromatic carbocycles. The minimum absolute atomic E-state index is 0.119. The summed E-state index contributed by atoms with van der Waals surface area (Å²) in [5, 5.41) is 11.3. The first-order chi connectivity index (χ1) is 12.8. The van der Waals surface area contributed by atoms with Crippen LogP contribution in [0, 0.1) is 10.1 Å². The molecule has 3 aliphatic heterocycles. The van der Waals surface area contributed by atoms with Gasteiger partial charge >= 0.3 is 6.18 Å². The van der Waals surface area contributed by atoms with Crippen LogP contribution in [0.2, 0.25) is 0 Å². The molecule has 2 saturated heterocycles. The predicted octanol–water partition coefficient (Wildman–Crippen LogP) is 3.26. The lowest BCUT2D eigenvalue weighted by Gasteiger charge is -2.40. The number of thioether (sulfide) groups is 1. The number of ether oxygens (including phenoxy) is 2. The normalized spacial score (nSPS) is 24.9. The van der Waals surface area contributed by atoms with Crippen LogP contribution >= 0.6 is 11.8 Å². The highest BCUT2D eigenvalue weighted by molar-refractivity contribution is 8.00. The third-order valence-electron chi connectivity index (χ3n) is 4.87. The van der Waals surface area contributed by atoms with E-state index in [0.29, 0.717) is 45.2 Å². The van der Waals surface area contributed by atoms with Gasteiger partial charge in [-0.05, 0) is 6.07 Å². The first kappa shape index (κ1) is 18.7. The highest BCUT2D eigenvalue weighted by atomic mass is 32.2. The van der Waals surface area contributed by atoms with E-state index >= 15 is 0 Å². The van der Waals surface area contributed by atoms with Crippen LogP contribution in [-0.4, -0.2) is 53.6 Å². The van der Waals surface area contributed by atoms with E-state index in [2.05, 4.69) is 4.99 Å². The van der Waals surface area contributed by atoms with Gasteiger partial charge in [-0.1, -0.05) is 11.8 Å².